The van der Waals surface area contributed by atoms with E-state index >= 15 is 0 Å². The Morgan fingerprint density at radius 1 is 1.07 bits per heavy atom. The van der Waals surface area contributed by atoms with E-state index < -0.39 is 26.7 Å². The summed E-state index contributed by atoms with van der Waals surface area (Å²) >= 11 is 0. The van der Waals surface area contributed by atoms with Crippen LogP contribution in [0.1, 0.15) is 11.1 Å². The van der Waals surface area contributed by atoms with Gasteiger partial charge in [-0.1, -0.05) is 30.3 Å². The fourth-order valence-corrected chi connectivity index (χ4v) is 3.83. The predicted molar refractivity (Wildman–Crippen MR) is 99.0 cm³/mol. The highest BCUT2D eigenvalue weighted by Crippen LogP contribution is 2.30. The van der Waals surface area contributed by atoms with Crippen molar-refractivity contribution in [3.63, 3.8) is 0 Å². The van der Waals surface area contributed by atoms with Crippen LogP contribution in [0.15, 0.2) is 65.7 Å². The summed E-state index contributed by atoms with van der Waals surface area (Å²) in [6.45, 7) is 0.0731. The van der Waals surface area contributed by atoms with Gasteiger partial charge in [0.2, 0.25) is 10.0 Å². The van der Waals surface area contributed by atoms with E-state index in [4.69, 9.17) is 0 Å². The highest BCUT2D eigenvalue weighted by molar-refractivity contribution is 7.89. The zero-order chi connectivity index (χ0) is 20.4. The molecule has 3 rings (SSSR count). The SMILES string of the molecule is Cn1nccc1-c1ccc(CCNS(=O)(=O)c2cccc(C(F)(F)F)c2)cc1. The van der Waals surface area contributed by atoms with Crippen LogP contribution >= 0.6 is 0 Å². The maximum Gasteiger partial charge on any atom is 0.416 e. The highest BCUT2D eigenvalue weighted by Gasteiger charge is 2.31. The Morgan fingerprint density at radius 2 is 1.79 bits per heavy atom. The van der Waals surface area contributed by atoms with Gasteiger partial charge in [-0.25, -0.2) is 13.1 Å². The first-order chi connectivity index (χ1) is 13.2. The fourth-order valence-electron chi connectivity index (χ4n) is 2.75. The molecule has 0 fully saturated rings. The van der Waals surface area contributed by atoms with Gasteiger partial charge in [0.15, 0.2) is 0 Å². The Bertz CT molecular complexity index is 1060. The van der Waals surface area contributed by atoms with E-state index in [1.165, 1.54) is 0 Å². The molecule has 148 valence electrons. The minimum atomic E-state index is -4.60. The van der Waals surface area contributed by atoms with Crippen molar-refractivity contribution in [2.75, 3.05) is 6.54 Å². The predicted octanol–water partition coefficient (Wildman–Crippen LogP) is 3.63. The third-order valence-corrected chi connectivity index (χ3v) is 5.71. The summed E-state index contributed by atoms with van der Waals surface area (Å²) in [5, 5.41) is 4.11. The number of alkyl halides is 3. The Labute approximate surface area is 160 Å². The van der Waals surface area contributed by atoms with Gasteiger partial charge in [-0.05, 0) is 41.8 Å². The third kappa shape index (κ3) is 4.60. The largest absolute Gasteiger partial charge is 0.416 e. The van der Waals surface area contributed by atoms with Crippen LogP contribution in [0.4, 0.5) is 13.2 Å². The zero-order valence-electron chi connectivity index (χ0n) is 14.9. The van der Waals surface area contributed by atoms with Crippen LogP contribution in [0.25, 0.3) is 11.3 Å². The van der Waals surface area contributed by atoms with Gasteiger partial charge >= 0.3 is 6.18 Å². The van der Waals surface area contributed by atoms with Gasteiger partial charge in [-0.3, -0.25) is 4.68 Å². The number of nitrogens with zero attached hydrogens (tertiary/aromatic N) is 2. The standard InChI is InChI=1S/C19H18F3N3O2S/c1-25-18(10-11-23-25)15-7-5-14(6-8-15)9-12-24-28(26,27)17-4-2-3-16(13-17)19(20,21)22/h2-8,10-11,13,24H,9,12H2,1H3. The van der Waals surface area contributed by atoms with Crippen LogP contribution in [0.3, 0.4) is 0 Å². The average Bonchev–Trinajstić information content (AvgIpc) is 3.07. The molecule has 5 nitrogen and oxygen atoms in total. The smallest absolute Gasteiger partial charge is 0.268 e. The molecule has 0 amide bonds. The van der Waals surface area contributed by atoms with E-state index in [0.717, 1.165) is 35.0 Å². The minimum Gasteiger partial charge on any atom is -0.268 e. The average molecular weight is 409 g/mol. The number of halogens is 3. The van der Waals surface area contributed by atoms with Crippen molar-refractivity contribution in [2.45, 2.75) is 17.5 Å². The van der Waals surface area contributed by atoms with Crippen molar-refractivity contribution in [1.82, 2.24) is 14.5 Å². The van der Waals surface area contributed by atoms with E-state index in [2.05, 4.69) is 9.82 Å². The summed E-state index contributed by atoms with van der Waals surface area (Å²) in [7, 11) is -2.18. The quantitative estimate of drug-likeness (QED) is 0.676. The van der Waals surface area contributed by atoms with Crippen molar-refractivity contribution < 1.29 is 21.6 Å². The molecule has 28 heavy (non-hydrogen) atoms. The second-order valence-corrected chi connectivity index (χ2v) is 7.98. The number of sulfonamides is 1. The molecule has 1 aromatic heterocycles. The lowest BCUT2D eigenvalue weighted by Crippen LogP contribution is -2.26. The maximum absolute atomic E-state index is 12.8. The lowest BCUT2D eigenvalue weighted by atomic mass is 10.1. The highest BCUT2D eigenvalue weighted by atomic mass is 32.2. The number of aryl methyl sites for hydroxylation is 1. The molecule has 0 atom stereocenters. The molecular weight excluding hydrogens is 391 g/mol. The van der Waals surface area contributed by atoms with E-state index in [9.17, 15) is 21.6 Å². The summed E-state index contributed by atoms with van der Waals surface area (Å²) in [5.41, 5.74) is 1.84. The van der Waals surface area contributed by atoms with Gasteiger partial charge in [0.05, 0.1) is 16.2 Å². The molecule has 3 aromatic rings. The van der Waals surface area contributed by atoms with Crippen LogP contribution in [-0.2, 0) is 29.7 Å². The van der Waals surface area contributed by atoms with Gasteiger partial charge in [0.1, 0.15) is 0 Å². The first-order valence-corrected chi connectivity index (χ1v) is 9.89. The van der Waals surface area contributed by atoms with Gasteiger partial charge in [-0.2, -0.15) is 18.3 Å². The lowest BCUT2D eigenvalue weighted by Gasteiger charge is -2.10. The summed E-state index contributed by atoms with van der Waals surface area (Å²) in [5.74, 6) is 0. The maximum atomic E-state index is 12.8. The second kappa shape index (κ2) is 7.76. The molecule has 9 heteroatoms. The molecule has 0 unspecified atom stereocenters. The molecule has 1 heterocycles. The van der Waals surface area contributed by atoms with Gasteiger partial charge in [0.25, 0.3) is 0 Å². The van der Waals surface area contributed by atoms with Crippen molar-refractivity contribution in [3.8, 4) is 11.3 Å². The van der Waals surface area contributed by atoms with E-state index in [0.29, 0.717) is 12.5 Å². The van der Waals surface area contributed by atoms with Gasteiger partial charge in [0, 0.05) is 19.8 Å². The number of hydrogen-bond donors (Lipinski definition) is 1. The zero-order valence-corrected chi connectivity index (χ0v) is 15.8. The molecule has 0 saturated heterocycles. The number of rotatable bonds is 6. The molecule has 0 aliphatic rings. The Balaban J connectivity index is 1.64. The molecule has 0 radical (unpaired) electrons. The molecule has 0 bridgehead atoms. The second-order valence-electron chi connectivity index (χ2n) is 6.21. The molecular formula is C19H18F3N3O2S. The van der Waals surface area contributed by atoms with Crippen LogP contribution < -0.4 is 4.72 Å². The molecule has 0 spiro atoms. The minimum absolute atomic E-state index is 0.0731. The van der Waals surface area contributed by atoms with Gasteiger partial charge in [-0.15, -0.1) is 0 Å². The van der Waals surface area contributed by atoms with E-state index in [1.54, 1.807) is 10.9 Å². The Hall–Kier alpha value is -2.65. The molecule has 0 aliphatic heterocycles. The fraction of sp³-hybridized carbons (Fsp3) is 0.211. The van der Waals surface area contributed by atoms with Crippen LogP contribution in [0, 0.1) is 0 Å². The number of benzene rings is 2. The summed E-state index contributed by atoms with van der Waals surface area (Å²) in [6.07, 6.45) is -2.49. The Kier molecular flexibility index (Phi) is 5.57. The van der Waals surface area contributed by atoms with E-state index in [-0.39, 0.29) is 6.54 Å². The summed E-state index contributed by atoms with van der Waals surface area (Å²) in [6, 6.07) is 13.1. The summed E-state index contributed by atoms with van der Waals surface area (Å²) in [4.78, 5) is -0.408. The van der Waals surface area contributed by atoms with E-state index in [1.807, 2.05) is 37.4 Å². The first-order valence-electron chi connectivity index (χ1n) is 8.41. The number of aromatic nitrogens is 2. The van der Waals surface area contributed by atoms with Gasteiger partial charge < -0.3 is 0 Å². The number of nitrogens with one attached hydrogen (secondary N) is 1. The first kappa shape index (κ1) is 20.1. The van der Waals surface area contributed by atoms with Crippen molar-refractivity contribution in [1.29, 1.82) is 0 Å². The monoisotopic (exact) mass is 409 g/mol. The summed E-state index contributed by atoms with van der Waals surface area (Å²) < 4.78 is 66.9. The Morgan fingerprint density at radius 3 is 2.39 bits per heavy atom. The van der Waals surface area contributed by atoms with Crippen molar-refractivity contribution >= 4 is 10.0 Å². The molecule has 0 saturated carbocycles. The third-order valence-electron chi connectivity index (χ3n) is 4.25. The van der Waals surface area contributed by atoms with Crippen molar-refractivity contribution in [3.05, 3.63) is 71.9 Å². The lowest BCUT2D eigenvalue weighted by molar-refractivity contribution is -0.137. The van der Waals surface area contributed by atoms with Crippen LogP contribution in [-0.4, -0.2) is 24.7 Å². The molecule has 2 aromatic carbocycles. The molecule has 0 aliphatic carbocycles. The molecule has 1 N–H and O–H groups in total. The van der Waals surface area contributed by atoms with Crippen molar-refractivity contribution in [2.24, 2.45) is 7.05 Å². The van der Waals surface area contributed by atoms with Crippen LogP contribution in [0.5, 0.6) is 0 Å². The normalized spacial score (nSPS) is 12.3. The topological polar surface area (TPSA) is 64.0 Å². The van der Waals surface area contributed by atoms with Crippen LogP contribution in [0.2, 0.25) is 0 Å². The number of hydrogen-bond acceptors (Lipinski definition) is 3.